The molecule has 2 rings (SSSR count). The first-order valence-corrected chi connectivity index (χ1v) is 5.33. The maximum absolute atomic E-state index is 12.8. The minimum absolute atomic E-state index is 0.306. The number of rotatable bonds is 4. The van der Waals surface area contributed by atoms with Crippen molar-refractivity contribution in [3.8, 4) is 0 Å². The van der Waals surface area contributed by atoms with Gasteiger partial charge < -0.3 is 10.2 Å². The topological polar surface area (TPSA) is 60.2 Å². The van der Waals surface area contributed by atoms with Crippen molar-refractivity contribution in [2.45, 2.75) is 13.0 Å². The van der Waals surface area contributed by atoms with E-state index in [2.05, 4.69) is 10.4 Å². The summed E-state index contributed by atoms with van der Waals surface area (Å²) < 4.78 is 30.6. The predicted octanol–water partition coefficient (Wildman–Crippen LogP) is 2.60. The number of alkyl halides is 2. The Morgan fingerprint density at radius 3 is 2.83 bits per heavy atom. The number of fused-ring (bicyclic) bond motifs is 1. The molecular formula is C12H13F2N3O. The average Bonchev–Trinajstić information content (AvgIpc) is 2.38. The van der Waals surface area contributed by atoms with Gasteiger partial charge in [-0.1, -0.05) is 18.2 Å². The Morgan fingerprint density at radius 1 is 1.44 bits per heavy atom. The minimum atomic E-state index is -2.64. The third-order valence-corrected chi connectivity index (χ3v) is 2.62. The number of anilines is 1. The van der Waals surface area contributed by atoms with Gasteiger partial charge in [-0.15, -0.1) is 0 Å². The third-order valence-electron chi connectivity index (χ3n) is 2.62. The van der Waals surface area contributed by atoms with Crippen molar-refractivity contribution in [2.75, 3.05) is 12.5 Å². The number of para-hydroxylation sites is 1. The van der Waals surface area contributed by atoms with E-state index in [4.69, 9.17) is 10.6 Å². The lowest BCUT2D eigenvalue weighted by Gasteiger charge is -2.11. The zero-order valence-electron chi connectivity index (χ0n) is 9.78. The lowest BCUT2D eigenvalue weighted by atomic mass is 10.1. The highest BCUT2D eigenvalue weighted by atomic mass is 19.3. The standard InChI is InChI=1S/C12H13F2N3O/c1-18-6-7-3-2-4-8-9(17-15)5-10(12(13)14)16-11(7)8/h2-5,12H,6,15H2,1H3,(H,16,17). The van der Waals surface area contributed by atoms with Crippen molar-refractivity contribution in [2.24, 2.45) is 5.84 Å². The Balaban J connectivity index is 2.71. The molecule has 1 aromatic carbocycles. The summed E-state index contributed by atoms with van der Waals surface area (Å²) >= 11 is 0. The molecule has 0 spiro atoms. The van der Waals surface area contributed by atoms with E-state index in [0.29, 0.717) is 23.2 Å². The van der Waals surface area contributed by atoms with Crippen LogP contribution in [0.3, 0.4) is 0 Å². The fourth-order valence-electron chi connectivity index (χ4n) is 1.83. The molecule has 0 atom stereocenters. The normalized spacial score (nSPS) is 11.2. The van der Waals surface area contributed by atoms with Gasteiger partial charge in [-0.05, 0) is 6.07 Å². The number of halogens is 2. The molecule has 0 saturated heterocycles. The second-order valence-corrected chi connectivity index (χ2v) is 3.79. The van der Waals surface area contributed by atoms with Gasteiger partial charge in [0.25, 0.3) is 6.43 Å². The first kappa shape index (κ1) is 12.7. The van der Waals surface area contributed by atoms with Crippen molar-refractivity contribution >= 4 is 16.6 Å². The van der Waals surface area contributed by atoms with Crippen LogP contribution in [0.15, 0.2) is 24.3 Å². The van der Waals surface area contributed by atoms with Crippen LogP contribution >= 0.6 is 0 Å². The second-order valence-electron chi connectivity index (χ2n) is 3.79. The van der Waals surface area contributed by atoms with Crippen LogP contribution in [-0.2, 0) is 11.3 Å². The Morgan fingerprint density at radius 2 is 2.22 bits per heavy atom. The molecule has 0 bridgehead atoms. The highest BCUT2D eigenvalue weighted by Crippen LogP contribution is 2.29. The number of nitrogen functional groups attached to an aromatic ring is 1. The molecule has 1 aromatic heterocycles. The lowest BCUT2D eigenvalue weighted by Crippen LogP contribution is -2.09. The number of nitrogens with two attached hydrogens (primary N) is 1. The van der Waals surface area contributed by atoms with Crippen molar-refractivity contribution < 1.29 is 13.5 Å². The summed E-state index contributed by atoms with van der Waals surface area (Å²) in [5, 5.41) is 0.691. The number of hydrogen-bond acceptors (Lipinski definition) is 4. The number of pyridine rings is 1. The van der Waals surface area contributed by atoms with E-state index in [1.54, 1.807) is 18.2 Å². The summed E-state index contributed by atoms with van der Waals surface area (Å²) in [5.41, 5.74) is 3.76. The van der Waals surface area contributed by atoms with Crippen LogP contribution < -0.4 is 11.3 Å². The highest BCUT2D eigenvalue weighted by Gasteiger charge is 2.14. The molecule has 0 radical (unpaired) electrons. The summed E-state index contributed by atoms with van der Waals surface area (Å²) in [5.74, 6) is 5.36. The van der Waals surface area contributed by atoms with E-state index in [-0.39, 0.29) is 5.69 Å². The Bertz CT molecular complexity index is 560. The van der Waals surface area contributed by atoms with Gasteiger partial charge in [0.1, 0.15) is 5.69 Å². The smallest absolute Gasteiger partial charge is 0.280 e. The van der Waals surface area contributed by atoms with Gasteiger partial charge in [-0.25, -0.2) is 13.8 Å². The van der Waals surface area contributed by atoms with E-state index >= 15 is 0 Å². The van der Waals surface area contributed by atoms with Crippen LogP contribution in [0.4, 0.5) is 14.5 Å². The van der Waals surface area contributed by atoms with Gasteiger partial charge in [-0.2, -0.15) is 0 Å². The zero-order chi connectivity index (χ0) is 13.1. The highest BCUT2D eigenvalue weighted by molar-refractivity contribution is 5.93. The van der Waals surface area contributed by atoms with Gasteiger partial charge in [0, 0.05) is 18.1 Å². The number of benzene rings is 1. The molecule has 0 aliphatic heterocycles. The van der Waals surface area contributed by atoms with Crippen molar-refractivity contribution in [1.82, 2.24) is 4.98 Å². The Kier molecular flexibility index (Phi) is 3.69. The largest absolute Gasteiger partial charge is 0.380 e. The molecule has 18 heavy (non-hydrogen) atoms. The third kappa shape index (κ3) is 2.25. The van der Waals surface area contributed by atoms with E-state index < -0.39 is 6.43 Å². The molecule has 0 saturated carbocycles. The van der Waals surface area contributed by atoms with Crippen LogP contribution in [0.1, 0.15) is 17.7 Å². The van der Waals surface area contributed by atoms with Crippen molar-refractivity contribution in [3.05, 3.63) is 35.5 Å². The molecule has 0 unspecified atom stereocenters. The molecule has 0 amide bonds. The zero-order valence-corrected chi connectivity index (χ0v) is 9.78. The molecule has 6 heteroatoms. The number of nitrogens with zero attached hydrogens (tertiary/aromatic N) is 1. The van der Waals surface area contributed by atoms with Crippen LogP contribution in [0, 0.1) is 0 Å². The van der Waals surface area contributed by atoms with Gasteiger partial charge in [0.05, 0.1) is 17.8 Å². The molecule has 1 heterocycles. The van der Waals surface area contributed by atoms with Crippen molar-refractivity contribution in [1.29, 1.82) is 0 Å². The molecule has 0 aliphatic carbocycles. The number of nitrogens with one attached hydrogen (secondary N) is 1. The summed E-state index contributed by atoms with van der Waals surface area (Å²) in [7, 11) is 1.54. The molecule has 2 aromatic rings. The molecular weight excluding hydrogens is 240 g/mol. The van der Waals surface area contributed by atoms with Gasteiger partial charge >= 0.3 is 0 Å². The van der Waals surface area contributed by atoms with E-state index in [9.17, 15) is 8.78 Å². The molecule has 96 valence electrons. The van der Waals surface area contributed by atoms with Gasteiger partial charge in [-0.3, -0.25) is 5.84 Å². The fourth-order valence-corrected chi connectivity index (χ4v) is 1.83. The molecule has 3 N–H and O–H groups in total. The van der Waals surface area contributed by atoms with Crippen LogP contribution in [-0.4, -0.2) is 12.1 Å². The summed E-state index contributed by atoms with van der Waals surface area (Å²) in [6, 6.07) is 6.62. The fraction of sp³-hybridized carbons (Fsp3) is 0.250. The first-order chi connectivity index (χ1) is 8.67. The molecule has 4 nitrogen and oxygen atoms in total. The Hall–Kier alpha value is -1.79. The summed E-state index contributed by atoms with van der Waals surface area (Å²) in [6.07, 6.45) is -2.64. The van der Waals surface area contributed by atoms with E-state index in [1.165, 1.54) is 13.2 Å². The van der Waals surface area contributed by atoms with E-state index in [0.717, 1.165) is 5.56 Å². The molecule has 0 aliphatic rings. The van der Waals surface area contributed by atoms with Crippen LogP contribution in [0.5, 0.6) is 0 Å². The molecule has 0 fully saturated rings. The maximum Gasteiger partial charge on any atom is 0.280 e. The second kappa shape index (κ2) is 5.24. The minimum Gasteiger partial charge on any atom is -0.380 e. The number of hydrogen-bond donors (Lipinski definition) is 2. The number of hydrazine groups is 1. The van der Waals surface area contributed by atoms with Crippen molar-refractivity contribution in [3.63, 3.8) is 0 Å². The van der Waals surface area contributed by atoms with Gasteiger partial charge in [0.15, 0.2) is 0 Å². The quantitative estimate of drug-likeness (QED) is 0.649. The number of ether oxygens (including phenoxy) is 1. The number of methoxy groups -OCH3 is 1. The summed E-state index contributed by atoms with van der Waals surface area (Å²) in [4.78, 5) is 3.98. The number of aromatic nitrogens is 1. The van der Waals surface area contributed by atoms with Crippen LogP contribution in [0.2, 0.25) is 0 Å². The monoisotopic (exact) mass is 253 g/mol. The SMILES string of the molecule is COCc1cccc2c(NN)cc(C(F)F)nc12. The van der Waals surface area contributed by atoms with Gasteiger partial charge in [0.2, 0.25) is 0 Å². The summed E-state index contributed by atoms with van der Waals surface area (Å²) in [6.45, 7) is 0.307. The van der Waals surface area contributed by atoms with E-state index in [1.807, 2.05) is 0 Å². The average molecular weight is 253 g/mol. The maximum atomic E-state index is 12.8. The lowest BCUT2D eigenvalue weighted by molar-refractivity contribution is 0.146. The Labute approximate surface area is 103 Å². The first-order valence-electron chi connectivity index (χ1n) is 5.33. The van der Waals surface area contributed by atoms with Crippen LogP contribution in [0.25, 0.3) is 10.9 Å². The predicted molar refractivity (Wildman–Crippen MR) is 65.2 cm³/mol.